The lowest BCUT2D eigenvalue weighted by molar-refractivity contribution is 0.104. The van der Waals surface area contributed by atoms with Crippen molar-refractivity contribution in [1.82, 2.24) is 4.98 Å². The van der Waals surface area contributed by atoms with Crippen molar-refractivity contribution in [3.05, 3.63) is 65.0 Å². The molecule has 1 aromatic carbocycles. The number of hydrogen-bond donors (Lipinski definition) is 2. The highest BCUT2D eigenvalue weighted by molar-refractivity contribution is 6.11. The lowest BCUT2D eigenvalue weighted by atomic mass is 9.99. The predicted octanol–water partition coefficient (Wildman–Crippen LogP) is 4.33. The molecule has 0 bridgehead atoms. The van der Waals surface area contributed by atoms with Crippen LogP contribution >= 0.6 is 12.4 Å². The molecule has 0 atom stereocenters. The average Bonchev–Trinajstić information content (AvgIpc) is 2.59. The Labute approximate surface area is 159 Å². The summed E-state index contributed by atoms with van der Waals surface area (Å²) in [4.78, 5) is 16.5. The average molecular weight is 376 g/mol. The monoisotopic (exact) mass is 375 g/mol. The minimum absolute atomic E-state index is 0. The number of pyridine rings is 1. The van der Waals surface area contributed by atoms with Crippen molar-refractivity contribution in [3.63, 3.8) is 0 Å². The second-order valence-electron chi connectivity index (χ2n) is 5.76. The molecule has 1 aromatic heterocycles. The molecule has 0 saturated carbocycles. The first-order valence-electron chi connectivity index (χ1n) is 7.81. The van der Waals surface area contributed by atoms with Gasteiger partial charge in [0.15, 0.2) is 5.78 Å². The zero-order valence-electron chi connectivity index (χ0n) is 14.9. The molecule has 0 amide bonds. The molecule has 0 fully saturated rings. The van der Waals surface area contributed by atoms with Crippen LogP contribution in [0.1, 0.15) is 35.3 Å². The number of carbonyl (C=O) groups excluding carboxylic acids is 1. The number of carbonyl (C=O) groups is 1. The molecule has 0 aliphatic rings. The van der Waals surface area contributed by atoms with Crippen LogP contribution in [0.15, 0.2) is 48.3 Å². The molecule has 0 spiro atoms. The maximum Gasteiger partial charge on any atom is 0.193 e. The molecule has 2 aromatic rings. The van der Waals surface area contributed by atoms with Gasteiger partial charge in [0.1, 0.15) is 22.8 Å². The van der Waals surface area contributed by atoms with Crippen LogP contribution in [0.3, 0.4) is 0 Å². The molecule has 6 heteroatoms. The largest absolute Gasteiger partial charge is 0.507 e. The number of benzene rings is 1. The lowest BCUT2D eigenvalue weighted by Crippen LogP contribution is -2.02. The quantitative estimate of drug-likeness (QED) is 0.446. The molecular formula is C20H22ClNO4. The molecule has 1 heterocycles. The van der Waals surface area contributed by atoms with Crippen LogP contribution in [0.25, 0.3) is 6.08 Å². The number of methoxy groups -OCH3 is 1. The van der Waals surface area contributed by atoms with Gasteiger partial charge in [-0.15, -0.1) is 12.4 Å². The molecule has 0 aliphatic heterocycles. The van der Waals surface area contributed by atoms with Crippen LogP contribution in [-0.2, 0) is 6.42 Å². The van der Waals surface area contributed by atoms with Crippen molar-refractivity contribution in [2.24, 2.45) is 0 Å². The summed E-state index contributed by atoms with van der Waals surface area (Å²) in [5, 5.41) is 20.7. The van der Waals surface area contributed by atoms with Gasteiger partial charge in [0.05, 0.1) is 7.11 Å². The summed E-state index contributed by atoms with van der Waals surface area (Å²) in [6.45, 7) is 3.84. The predicted molar refractivity (Wildman–Crippen MR) is 104 cm³/mol. The first kappa shape index (κ1) is 21.3. The van der Waals surface area contributed by atoms with Gasteiger partial charge in [-0.1, -0.05) is 17.7 Å². The number of rotatable bonds is 6. The van der Waals surface area contributed by atoms with E-state index in [1.54, 1.807) is 30.6 Å². The van der Waals surface area contributed by atoms with E-state index >= 15 is 0 Å². The molecule has 5 nitrogen and oxygen atoms in total. The van der Waals surface area contributed by atoms with E-state index in [4.69, 9.17) is 4.74 Å². The van der Waals surface area contributed by atoms with E-state index in [0.717, 1.165) is 11.1 Å². The van der Waals surface area contributed by atoms with Gasteiger partial charge in [0.25, 0.3) is 0 Å². The number of hydrogen-bond acceptors (Lipinski definition) is 5. The minimum atomic E-state index is -0.412. The van der Waals surface area contributed by atoms with Gasteiger partial charge in [-0.2, -0.15) is 0 Å². The zero-order valence-corrected chi connectivity index (χ0v) is 15.7. The fourth-order valence-corrected chi connectivity index (χ4v) is 2.31. The molecule has 0 unspecified atom stereocenters. The fourth-order valence-electron chi connectivity index (χ4n) is 2.31. The Kier molecular flexibility index (Phi) is 7.87. The SMILES string of the molecule is COc1cc(O)c(CC=C(C)C)c(O)c1C(=O)C=Cc1ccncc1.Cl. The highest BCUT2D eigenvalue weighted by Gasteiger charge is 2.21. The van der Waals surface area contributed by atoms with Gasteiger partial charge in [0.2, 0.25) is 0 Å². The molecule has 0 radical (unpaired) electrons. The number of ketones is 1. The van der Waals surface area contributed by atoms with Crippen LogP contribution in [0.4, 0.5) is 0 Å². The second-order valence-corrected chi connectivity index (χ2v) is 5.76. The minimum Gasteiger partial charge on any atom is -0.507 e. The summed E-state index contributed by atoms with van der Waals surface area (Å²) in [6.07, 6.45) is 8.42. The van der Waals surface area contributed by atoms with Crippen molar-refractivity contribution < 1.29 is 19.7 Å². The third-order valence-electron chi connectivity index (χ3n) is 3.66. The van der Waals surface area contributed by atoms with Crippen LogP contribution in [0.2, 0.25) is 0 Å². The van der Waals surface area contributed by atoms with Gasteiger partial charge in [-0.25, -0.2) is 0 Å². The van der Waals surface area contributed by atoms with E-state index in [-0.39, 0.29) is 35.2 Å². The number of ether oxygens (including phenoxy) is 1. The number of allylic oxidation sites excluding steroid dienone is 3. The number of nitrogens with zero attached hydrogens (tertiary/aromatic N) is 1. The molecular weight excluding hydrogens is 354 g/mol. The first-order chi connectivity index (χ1) is 11.9. The first-order valence-corrected chi connectivity index (χ1v) is 7.81. The van der Waals surface area contributed by atoms with Crippen molar-refractivity contribution in [1.29, 1.82) is 0 Å². The van der Waals surface area contributed by atoms with E-state index in [1.165, 1.54) is 19.3 Å². The maximum atomic E-state index is 12.6. The van der Waals surface area contributed by atoms with Gasteiger partial charge in [0, 0.05) is 24.0 Å². The fraction of sp³-hybridized carbons (Fsp3) is 0.200. The Morgan fingerprint density at radius 3 is 2.46 bits per heavy atom. The molecule has 2 rings (SSSR count). The van der Waals surface area contributed by atoms with Gasteiger partial charge < -0.3 is 14.9 Å². The molecule has 2 N–H and O–H groups in total. The van der Waals surface area contributed by atoms with Crippen molar-refractivity contribution in [2.45, 2.75) is 20.3 Å². The van der Waals surface area contributed by atoms with Crippen molar-refractivity contribution >= 4 is 24.3 Å². The Balaban J connectivity index is 0.00000338. The van der Waals surface area contributed by atoms with E-state index in [0.29, 0.717) is 12.0 Å². The van der Waals surface area contributed by atoms with E-state index < -0.39 is 5.78 Å². The number of phenolic OH excluding ortho intramolecular Hbond substituents is 2. The number of phenols is 2. The number of aromatic nitrogens is 1. The van der Waals surface area contributed by atoms with Gasteiger partial charge in [-0.3, -0.25) is 9.78 Å². The Morgan fingerprint density at radius 1 is 1.23 bits per heavy atom. The van der Waals surface area contributed by atoms with Crippen LogP contribution in [-0.4, -0.2) is 28.1 Å². The Hall–Kier alpha value is -2.79. The van der Waals surface area contributed by atoms with Gasteiger partial charge >= 0.3 is 0 Å². The Morgan fingerprint density at radius 2 is 1.88 bits per heavy atom. The highest BCUT2D eigenvalue weighted by Crippen LogP contribution is 2.39. The lowest BCUT2D eigenvalue weighted by Gasteiger charge is -2.13. The Bertz CT molecular complexity index is 825. The summed E-state index contributed by atoms with van der Waals surface area (Å²) < 4.78 is 5.16. The molecule has 0 aliphatic carbocycles. The van der Waals surface area contributed by atoms with Crippen molar-refractivity contribution in [3.8, 4) is 17.2 Å². The second kappa shape index (κ2) is 9.63. The number of halogens is 1. The van der Waals surface area contributed by atoms with E-state index in [1.807, 2.05) is 19.9 Å². The molecule has 0 saturated heterocycles. The summed E-state index contributed by atoms with van der Waals surface area (Å²) in [5.41, 5.74) is 2.18. The summed E-state index contributed by atoms with van der Waals surface area (Å²) in [6, 6.07) is 4.87. The smallest absolute Gasteiger partial charge is 0.193 e. The van der Waals surface area contributed by atoms with Gasteiger partial charge in [-0.05, 0) is 44.0 Å². The summed E-state index contributed by atoms with van der Waals surface area (Å²) in [5.74, 6) is -0.662. The van der Waals surface area contributed by atoms with E-state index in [9.17, 15) is 15.0 Å². The van der Waals surface area contributed by atoms with Crippen LogP contribution in [0.5, 0.6) is 17.2 Å². The summed E-state index contributed by atoms with van der Waals surface area (Å²) in [7, 11) is 1.38. The highest BCUT2D eigenvalue weighted by atomic mass is 35.5. The maximum absolute atomic E-state index is 12.6. The summed E-state index contributed by atoms with van der Waals surface area (Å²) >= 11 is 0. The third kappa shape index (κ3) is 5.10. The van der Waals surface area contributed by atoms with Crippen LogP contribution in [0, 0.1) is 0 Å². The topological polar surface area (TPSA) is 79.6 Å². The van der Waals surface area contributed by atoms with Crippen molar-refractivity contribution in [2.75, 3.05) is 7.11 Å². The van der Waals surface area contributed by atoms with E-state index in [2.05, 4.69) is 4.98 Å². The normalized spacial score (nSPS) is 10.3. The zero-order chi connectivity index (χ0) is 18.4. The molecule has 138 valence electrons. The standard InChI is InChI=1S/C20H21NO4.ClH/c1-13(2)4-6-15-17(23)12-18(25-3)19(20(15)24)16(22)7-5-14-8-10-21-11-9-14;/h4-5,7-12,23-24H,6H2,1-3H3;1H. The number of aromatic hydroxyl groups is 2. The van der Waals surface area contributed by atoms with Crippen LogP contribution < -0.4 is 4.74 Å². The third-order valence-corrected chi connectivity index (χ3v) is 3.66. The molecule has 26 heavy (non-hydrogen) atoms.